The van der Waals surface area contributed by atoms with Crippen LogP contribution in [0, 0.1) is 0 Å². The van der Waals surface area contributed by atoms with Gasteiger partial charge in [0.05, 0.1) is 31.6 Å². The van der Waals surface area contributed by atoms with Crippen LogP contribution in [0.3, 0.4) is 0 Å². The predicted octanol–water partition coefficient (Wildman–Crippen LogP) is -1.77. The first-order valence-corrected chi connectivity index (χ1v) is 4.86. The third-order valence-corrected chi connectivity index (χ3v) is 2.33. The Balaban J connectivity index is 2.89. The Bertz CT molecular complexity index is 384. The van der Waals surface area contributed by atoms with Crippen LogP contribution in [-0.4, -0.2) is 56.7 Å². The lowest BCUT2D eigenvalue weighted by Gasteiger charge is -2.28. The van der Waals surface area contributed by atoms with Crippen molar-refractivity contribution < 1.29 is 25.2 Å². The minimum Gasteiger partial charge on any atom is -0.505 e. The van der Waals surface area contributed by atoms with Crippen molar-refractivity contribution in [2.75, 3.05) is 19.8 Å². The van der Waals surface area contributed by atoms with Crippen molar-refractivity contribution in [1.29, 1.82) is 0 Å². The molecule has 0 aliphatic carbocycles. The number of carbonyl (C=O) groups excluding carboxylic acids is 1. The van der Waals surface area contributed by atoms with Gasteiger partial charge in [-0.05, 0) is 6.07 Å². The van der Waals surface area contributed by atoms with Gasteiger partial charge in [-0.3, -0.25) is 9.78 Å². The van der Waals surface area contributed by atoms with Crippen LogP contribution < -0.4 is 5.32 Å². The molecule has 1 aromatic rings. The summed E-state index contributed by atoms with van der Waals surface area (Å²) in [6.07, 6.45) is 2.40. The lowest BCUT2D eigenvalue weighted by molar-refractivity contribution is 0.0374. The molecule has 0 unspecified atom stereocenters. The van der Waals surface area contributed by atoms with Gasteiger partial charge in [0.25, 0.3) is 5.91 Å². The minimum atomic E-state index is -1.52. The van der Waals surface area contributed by atoms with E-state index < -0.39 is 31.3 Å². The Morgan fingerprint density at radius 2 is 1.88 bits per heavy atom. The van der Waals surface area contributed by atoms with Gasteiger partial charge in [0.1, 0.15) is 11.3 Å². The Morgan fingerprint density at radius 1 is 1.29 bits per heavy atom. The van der Waals surface area contributed by atoms with Gasteiger partial charge in [0.2, 0.25) is 0 Å². The Kier molecular flexibility index (Phi) is 4.38. The van der Waals surface area contributed by atoms with Gasteiger partial charge < -0.3 is 25.7 Å². The van der Waals surface area contributed by atoms with E-state index >= 15 is 0 Å². The summed E-state index contributed by atoms with van der Waals surface area (Å²) in [6.45, 7) is -1.88. The fourth-order valence-electron chi connectivity index (χ4n) is 1.15. The van der Waals surface area contributed by atoms with E-state index in [4.69, 9.17) is 15.3 Å². The maximum atomic E-state index is 11.7. The van der Waals surface area contributed by atoms with Crippen LogP contribution in [0.5, 0.6) is 5.75 Å². The molecule has 1 heterocycles. The van der Waals surface area contributed by atoms with Crippen LogP contribution in [0.1, 0.15) is 10.4 Å². The lowest BCUT2D eigenvalue weighted by atomic mass is 10.0. The number of aliphatic hydroxyl groups excluding tert-OH is 3. The summed E-state index contributed by atoms with van der Waals surface area (Å²) in [7, 11) is 0. The monoisotopic (exact) mass is 242 g/mol. The summed E-state index contributed by atoms with van der Waals surface area (Å²) in [6, 6.07) is 1.28. The van der Waals surface area contributed by atoms with E-state index in [0.717, 1.165) is 6.20 Å². The lowest BCUT2D eigenvalue weighted by Crippen LogP contribution is -2.57. The fourth-order valence-corrected chi connectivity index (χ4v) is 1.15. The van der Waals surface area contributed by atoms with Crippen LogP contribution in [-0.2, 0) is 0 Å². The first kappa shape index (κ1) is 13.4. The molecule has 0 aromatic carbocycles. The summed E-state index contributed by atoms with van der Waals surface area (Å²) in [4.78, 5) is 15.3. The third kappa shape index (κ3) is 2.90. The topological polar surface area (TPSA) is 123 Å². The van der Waals surface area contributed by atoms with Crippen LogP contribution in [0.4, 0.5) is 0 Å². The van der Waals surface area contributed by atoms with Crippen LogP contribution in [0.2, 0.25) is 0 Å². The second-order valence-electron chi connectivity index (χ2n) is 3.60. The predicted molar refractivity (Wildman–Crippen MR) is 57.4 cm³/mol. The molecule has 0 atom stereocenters. The first-order chi connectivity index (χ1) is 8.08. The van der Waals surface area contributed by atoms with Crippen molar-refractivity contribution in [1.82, 2.24) is 10.3 Å². The number of aliphatic hydroxyl groups is 3. The quantitative estimate of drug-likeness (QED) is 0.416. The van der Waals surface area contributed by atoms with E-state index in [0.29, 0.717) is 0 Å². The molecule has 0 aliphatic heterocycles. The highest BCUT2D eigenvalue weighted by Gasteiger charge is 2.30. The van der Waals surface area contributed by atoms with Gasteiger partial charge in [-0.1, -0.05) is 0 Å². The largest absolute Gasteiger partial charge is 0.505 e. The fraction of sp³-hybridized carbons (Fsp3) is 0.400. The SMILES string of the molecule is O=C(NC(CO)(CO)CO)c1ccncc1O. The van der Waals surface area contributed by atoms with Crippen molar-refractivity contribution in [2.24, 2.45) is 0 Å². The average Bonchev–Trinajstić information content (AvgIpc) is 2.36. The molecule has 0 bridgehead atoms. The van der Waals surface area contributed by atoms with Gasteiger partial charge in [0, 0.05) is 6.20 Å². The van der Waals surface area contributed by atoms with E-state index in [9.17, 15) is 9.90 Å². The van der Waals surface area contributed by atoms with Crippen molar-refractivity contribution in [3.8, 4) is 5.75 Å². The number of pyridine rings is 1. The maximum Gasteiger partial charge on any atom is 0.255 e. The Hall–Kier alpha value is -1.70. The molecule has 0 saturated carbocycles. The zero-order valence-electron chi connectivity index (χ0n) is 9.00. The molecule has 1 aromatic heterocycles. The standard InChI is InChI=1S/C10H14N2O5/c13-4-10(5-14,6-15)12-9(17)7-1-2-11-3-8(7)16/h1-3,13-16H,4-6H2,(H,12,17). The number of nitrogens with one attached hydrogen (secondary N) is 1. The van der Waals surface area contributed by atoms with Gasteiger partial charge >= 0.3 is 0 Å². The summed E-state index contributed by atoms with van der Waals surface area (Å²) < 4.78 is 0. The van der Waals surface area contributed by atoms with E-state index in [1.165, 1.54) is 12.3 Å². The molecule has 7 nitrogen and oxygen atoms in total. The molecule has 0 spiro atoms. The second-order valence-corrected chi connectivity index (χ2v) is 3.60. The van der Waals surface area contributed by atoms with Crippen molar-refractivity contribution >= 4 is 5.91 Å². The molecule has 17 heavy (non-hydrogen) atoms. The molecule has 1 amide bonds. The van der Waals surface area contributed by atoms with E-state index in [2.05, 4.69) is 10.3 Å². The second kappa shape index (κ2) is 5.58. The van der Waals surface area contributed by atoms with Crippen molar-refractivity contribution in [3.05, 3.63) is 24.0 Å². The van der Waals surface area contributed by atoms with Crippen LogP contribution >= 0.6 is 0 Å². The smallest absolute Gasteiger partial charge is 0.255 e. The molecule has 5 N–H and O–H groups in total. The highest BCUT2D eigenvalue weighted by Crippen LogP contribution is 2.15. The van der Waals surface area contributed by atoms with E-state index in [1.54, 1.807) is 0 Å². The Labute approximate surface area is 97.4 Å². The highest BCUT2D eigenvalue weighted by atomic mass is 16.3. The number of nitrogens with zero attached hydrogens (tertiary/aromatic N) is 1. The molecular formula is C10H14N2O5. The summed E-state index contributed by atoms with van der Waals surface area (Å²) in [5, 5.41) is 38.7. The average molecular weight is 242 g/mol. The Morgan fingerprint density at radius 3 is 2.35 bits per heavy atom. The highest BCUT2D eigenvalue weighted by molar-refractivity contribution is 5.97. The number of aromatic hydroxyl groups is 1. The van der Waals surface area contributed by atoms with Crippen molar-refractivity contribution in [3.63, 3.8) is 0 Å². The number of hydrogen-bond donors (Lipinski definition) is 5. The van der Waals surface area contributed by atoms with Crippen LogP contribution in [0.25, 0.3) is 0 Å². The summed E-state index contributed by atoms with van der Waals surface area (Å²) >= 11 is 0. The van der Waals surface area contributed by atoms with Gasteiger partial charge in [-0.25, -0.2) is 0 Å². The number of hydrogen-bond acceptors (Lipinski definition) is 6. The molecule has 0 aliphatic rings. The molecule has 0 saturated heterocycles. The zero-order valence-corrected chi connectivity index (χ0v) is 9.00. The number of rotatable bonds is 5. The molecule has 0 radical (unpaired) electrons. The minimum absolute atomic E-state index is 0.0558. The number of carbonyl (C=O) groups is 1. The first-order valence-electron chi connectivity index (χ1n) is 4.86. The molecule has 0 fully saturated rings. The molecule has 94 valence electrons. The van der Waals surface area contributed by atoms with E-state index in [1.807, 2.05) is 0 Å². The normalized spacial score (nSPS) is 11.2. The van der Waals surface area contributed by atoms with Gasteiger partial charge in [0.15, 0.2) is 0 Å². The van der Waals surface area contributed by atoms with Crippen molar-refractivity contribution in [2.45, 2.75) is 5.54 Å². The molecule has 7 heteroatoms. The van der Waals surface area contributed by atoms with Crippen LogP contribution in [0.15, 0.2) is 18.5 Å². The molecule has 1 rings (SSSR count). The zero-order chi connectivity index (χ0) is 12.9. The van der Waals surface area contributed by atoms with E-state index in [-0.39, 0.29) is 11.3 Å². The van der Waals surface area contributed by atoms with Gasteiger partial charge in [-0.2, -0.15) is 0 Å². The number of aromatic nitrogens is 1. The molecular weight excluding hydrogens is 228 g/mol. The maximum absolute atomic E-state index is 11.7. The summed E-state index contributed by atoms with van der Waals surface area (Å²) in [5.41, 5.74) is -1.58. The van der Waals surface area contributed by atoms with Gasteiger partial charge in [-0.15, -0.1) is 0 Å². The summed E-state index contributed by atoms with van der Waals surface area (Å²) in [5.74, 6) is -1.05. The number of amides is 1. The third-order valence-electron chi connectivity index (χ3n) is 2.33.